The van der Waals surface area contributed by atoms with Gasteiger partial charge in [0.05, 0.1) is 5.02 Å². The van der Waals surface area contributed by atoms with Gasteiger partial charge in [-0.15, -0.1) is 0 Å². The molecular weight excluding hydrogens is 349 g/mol. The topological polar surface area (TPSA) is 83.5 Å². The largest absolute Gasteiger partial charge is 0.363 e. The Morgan fingerprint density at radius 3 is 2.50 bits per heavy atom. The fraction of sp³-hybridized carbons (Fsp3) is 0.0714. The third kappa shape index (κ3) is 2.28. The van der Waals surface area contributed by atoms with Crippen molar-refractivity contribution in [1.29, 1.82) is 0 Å². The number of amides is 1. The van der Waals surface area contributed by atoms with Gasteiger partial charge >= 0.3 is 0 Å². The molecule has 0 aromatic heterocycles. The lowest BCUT2D eigenvalue weighted by atomic mass is 9.94. The van der Waals surface area contributed by atoms with Gasteiger partial charge in [-0.2, -0.15) is 0 Å². The van der Waals surface area contributed by atoms with Crippen LogP contribution in [0.3, 0.4) is 0 Å². The number of benzene rings is 2. The minimum absolute atomic E-state index is 0.0695. The average molecular weight is 358 g/mol. The first-order chi connectivity index (χ1) is 10.2. The first kappa shape index (κ1) is 15.3. The number of carbonyl (C=O) groups excluding carboxylic acids is 1. The number of hydrogen-bond donors (Lipinski definition) is 2. The molecule has 114 valence electrons. The fourth-order valence-corrected chi connectivity index (χ4v) is 3.93. The SMILES string of the molecule is O=C1NC(O)(c2ccc(Cl)c(S(=O)(=O)Cl)c2)c2ccccc21. The van der Waals surface area contributed by atoms with Crippen molar-refractivity contribution in [2.45, 2.75) is 10.6 Å². The van der Waals surface area contributed by atoms with E-state index in [1.165, 1.54) is 12.1 Å². The van der Waals surface area contributed by atoms with Crippen molar-refractivity contribution in [2.75, 3.05) is 0 Å². The molecule has 5 nitrogen and oxygen atoms in total. The van der Waals surface area contributed by atoms with Gasteiger partial charge in [0.15, 0.2) is 5.72 Å². The molecule has 1 amide bonds. The molecule has 0 bridgehead atoms. The van der Waals surface area contributed by atoms with Gasteiger partial charge in [0.25, 0.3) is 15.0 Å². The molecular formula is C14H9Cl2NO4S. The maximum absolute atomic E-state index is 12.0. The molecule has 22 heavy (non-hydrogen) atoms. The molecule has 1 atom stereocenters. The van der Waals surface area contributed by atoms with Crippen LogP contribution in [0.5, 0.6) is 0 Å². The summed E-state index contributed by atoms with van der Waals surface area (Å²) in [5.74, 6) is -0.455. The summed E-state index contributed by atoms with van der Waals surface area (Å²) in [7, 11) is 1.25. The lowest BCUT2D eigenvalue weighted by Crippen LogP contribution is -2.40. The van der Waals surface area contributed by atoms with Gasteiger partial charge in [0.2, 0.25) is 0 Å². The highest BCUT2D eigenvalue weighted by molar-refractivity contribution is 8.13. The minimum Gasteiger partial charge on any atom is -0.363 e. The van der Waals surface area contributed by atoms with E-state index in [4.69, 9.17) is 22.3 Å². The van der Waals surface area contributed by atoms with Crippen LogP contribution in [0.2, 0.25) is 5.02 Å². The van der Waals surface area contributed by atoms with Crippen molar-refractivity contribution in [1.82, 2.24) is 5.32 Å². The van der Waals surface area contributed by atoms with Crippen LogP contribution in [-0.2, 0) is 14.8 Å². The number of hydrogen-bond acceptors (Lipinski definition) is 4. The molecule has 2 aromatic carbocycles. The molecule has 0 spiro atoms. The standard InChI is InChI=1S/C14H9Cl2NO4S/c15-11-6-5-8(7-12(11)22(16,20)21)14(19)10-4-2-1-3-9(10)13(18)17-14/h1-7,19H,(H,17,18). The summed E-state index contributed by atoms with van der Waals surface area (Å²) < 4.78 is 23.1. The quantitative estimate of drug-likeness (QED) is 0.807. The summed E-state index contributed by atoms with van der Waals surface area (Å²) in [5.41, 5.74) is -1.04. The zero-order valence-corrected chi connectivity index (χ0v) is 13.2. The van der Waals surface area contributed by atoms with E-state index in [1.807, 2.05) is 0 Å². The number of aliphatic hydroxyl groups is 1. The van der Waals surface area contributed by atoms with Gasteiger partial charge in [0.1, 0.15) is 4.90 Å². The summed E-state index contributed by atoms with van der Waals surface area (Å²) in [6.45, 7) is 0. The van der Waals surface area contributed by atoms with Crippen molar-refractivity contribution in [2.24, 2.45) is 0 Å². The predicted octanol–water partition coefficient (Wildman–Crippen LogP) is 2.20. The highest BCUT2D eigenvalue weighted by Gasteiger charge is 2.43. The average Bonchev–Trinajstić information content (AvgIpc) is 2.71. The van der Waals surface area contributed by atoms with Gasteiger partial charge in [-0.05, 0) is 18.2 Å². The second-order valence-corrected chi connectivity index (χ2v) is 7.73. The Morgan fingerprint density at radius 1 is 1.14 bits per heavy atom. The Balaban J connectivity index is 2.23. The molecule has 0 saturated carbocycles. The van der Waals surface area contributed by atoms with E-state index >= 15 is 0 Å². The second kappa shape index (κ2) is 4.96. The highest BCUT2D eigenvalue weighted by Crippen LogP contribution is 2.37. The number of rotatable bonds is 2. The number of carbonyl (C=O) groups is 1. The van der Waals surface area contributed by atoms with Crippen LogP contribution in [-0.4, -0.2) is 19.4 Å². The van der Waals surface area contributed by atoms with Crippen LogP contribution in [0.1, 0.15) is 21.5 Å². The molecule has 8 heteroatoms. The number of nitrogens with one attached hydrogen (secondary N) is 1. The van der Waals surface area contributed by atoms with E-state index in [1.54, 1.807) is 24.3 Å². The molecule has 2 N–H and O–H groups in total. The third-order valence-electron chi connectivity index (χ3n) is 3.47. The van der Waals surface area contributed by atoms with Crippen LogP contribution in [0.4, 0.5) is 0 Å². The Morgan fingerprint density at radius 2 is 1.82 bits per heavy atom. The van der Waals surface area contributed by atoms with Gasteiger partial charge in [-0.1, -0.05) is 35.9 Å². The first-order valence-corrected chi connectivity index (χ1v) is 8.81. The van der Waals surface area contributed by atoms with Gasteiger partial charge in [-0.3, -0.25) is 4.79 Å². The minimum atomic E-state index is -4.09. The zero-order valence-electron chi connectivity index (χ0n) is 10.9. The molecule has 0 radical (unpaired) electrons. The Hall–Kier alpha value is -1.60. The molecule has 2 aromatic rings. The summed E-state index contributed by atoms with van der Waals surface area (Å²) in [5, 5.41) is 13.2. The summed E-state index contributed by atoms with van der Waals surface area (Å²) in [6, 6.07) is 10.4. The maximum atomic E-state index is 12.0. The fourth-order valence-electron chi connectivity index (χ4n) is 2.44. The highest BCUT2D eigenvalue weighted by atomic mass is 35.7. The van der Waals surface area contributed by atoms with Crippen LogP contribution < -0.4 is 5.32 Å². The lowest BCUT2D eigenvalue weighted by molar-refractivity contribution is 0.0474. The Labute approximate surface area is 135 Å². The molecule has 3 rings (SSSR count). The molecule has 0 aliphatic carbocycles. The van der Waals surface area contributed by atoms with Crippen molar-refractivity contribution >= 4 is 37.2 Å². The maximum Gasteiger partial charge on any atom is 0.262 e. The van der Waals surface area contributed by atoms with E-state index in [0.29, 0.717) is 11.1 Å². The van der Waals surface area contributed by atoms with E-state index in [-0.39, 0.29) is 15.5 Å². The summed E-state index contributed by atoms with van der Waals surface area (Å²) >= 11 is 5.83. The van der Waals surface area contributed by atoms with Crippen molar-refractivity contribution < 1.29 is 18.3 Å². The van der Waals surface area contributed by atoms with Crippen LogP contribution in [0.25, 0.3) is 0 Å². The number of halogens is 2. The lowest BCUT2D eigenvalue weighted by Gasteiger charge is -2.25. The summed E-state index contributed by atoms with van der Waals surface area (Å²) in [4.78, 5) is 11.6. The normalized spacial score (nSPS) is 20.6. The van der Waals surface area contributed by atoms with Crippen LogP contribution in [0, 0.1) is 0 Å². The van der Waals surface area contributed by atoms with Gasteiger partial charge in [0, 0.05) is 27.4 Å². The predicted molar refractivity (Wildman–Crippen MR) is 81.4 cm³/mol. The molecule has 0 saturated heterocycles. The Bertz CT molecular complexity index is 897. The molecule has 0 fully saturated rings. The van der Waals surface area contributed by atoms with Crippen molar-refractivity contribution in [3.63, 3.8) is 0 Å². The summed E-state index contributed by atoms with van der Waals surface area (Å²) in [6.07, 6.45) is 0. The van der Waals surface area contributed by atoms with Crippen molar-refractivity contribution in [3.8, 4) is 0 Å². The zero-order chi connectivity index (χ0) is 16.1. The third-order valence-corrected chi connectivity index (χ3v) is 5.27. The van der Waals surface area contributed by atoms with Crippen LogP contribution in [0.15, 0.2) is 47.4 Å². The second-order valence-electron chi connectivity index (χ2n) is 4.79. The molecule has 1 unspecified atom stereocenters. The van der Waals surface area contributed by atoms with Crippen LogP contribution >= 0.6 is 22.3 Å². The van der Waals surface area contributed by atoms with E-state index < -0.39 is 20.7 Å². The van der Waals surface area contributed by atoms with Gasteiger partial charge in [-0.25, -0.2) is 8.42 Å². The molecule has 1 aliphatic heterocycles. The van der Waals surface area contributed by atoms with Crippen molar-refractivity contribution in [3.05, 3.63) is 64.2 Å². The monoisotopic (exact) mass is 357 g/mol. The van der Waals surface area contributed by atoms with E-state index in [9.17, 15) is 18.3 Å². The molecule has 1 heterocycles. The van der Waals surface area contributed by atoms with E-state index in [2.05, 4.69) is 5.32 Å². The molecule has 1 aliphatic rings. The first-order valence-electron chi connectivity index (χ1n) is 6.12. The smallest absolute Gasteiger partial charge is 0.262 e. The Kier molecular flexibility index (Phi) is 3.45. The van der Waals surface area contributed by atoms with Gasteiger partial charge < -0.3 is 10.4 Å². The van der Waals surface area contributed by atoms with E-state index in [0.717, 1.165) is 6.07 Å². The number of fused-ring (bicyclic) bond motifs is 1.